The predicted octanol–water partition coefficient (Wildman–Crippen LogP) is 4.71. The number of aromatic nitrogens is 2. The van der Waals surface area contributed by atoms with Gasteiger partial charge in [-0.25, -0.2) is 0 Å². The van der Waals surface area contributed by atoms with Crippen molar-refractivity contribution in [3.63, 3.8) is 0 Å². The second-order valence-corrected chi connectivity index (χ2v) is 7.70. The molecule has 0 aliphatic rings. The molecule has 0 bridgehead atoms. The molecule has 3 aromatic rings. The van der Waals surface area contributed by atoms with Gasteiger partial charge in [0.25, 0.3) is 0 Å². The van der Waals surface area contributed by atoms with Gasteiger partial charge in [0.15, 0.2) is 0 Å². The van der Waals surface area contributed by atoms with E-state index in [-0.39, 0.29) is 11.9 Å². The summed E-state index contributed by atoms with van der Waals surface area (Å²) in [5, 5.41) is 8.73. The first-order chi connectivity index (χ1) is 12.8. The van der Waals surface area contributed by atoms with Crippen LogP contribution in [0, 0.1) is 19.8 Å². The third-order valence-corrected chi connectivity index (χ3v) is 4.92. The van der Waals surface area contributed by atoms with Crippen LogP contribution in [0.15, 0.2) is 34.7 Å². The van der Waals surface area contributed by atoms with E-state index < -0.39 is 0 Å². The van der Waals surface area contributed by atoms with Crippen LogP contribution < -0.4 is 5.32 Å². The van der Waals surface area contributed by atoms with Gasteiger partial charge in [-0.15, -0.1) is 0 Å². The molecule has 0 saturated heterocycles. The molecule has 1 aromatic carbocycles. The number of hydrogen-bond donors (Lipinski definition) is 1. The molecule has 5 nitrogen and oxygen atoms in total. The van der Waals surface area contributed by atoms with Gasteiger partial charge < -0.3 is 9.73 Å². The minimum atomic E-state index is -0.157. The van der Waals surface area contributed by atoms with Gasteiger partial charge in [-0.1, -0.05) is 32.0 Å². The standard InChI is InChI=1S/C22H29N3O2/c1-14(2)13-25-17(5)19(15(3)24-25)10-11-22(26)23-16(4)21-12-18-8-6-7-9-20(18)27-21/h6-9,12,14,16H,10-11,13H2,1-5H3,(H,23,26). The summed E-state index contributed by atoms with van der Waals surface area (Å²) in [6.45, 7) is 11.3. The molecular weight excluding hydrogens is 338 g/mol. The Morgan fingerprint density at radius 2 is 1.96 bits per heavy atom. The molecule has 0 radical (unpaired) electrons. The summed E-state index contributed by atoms with van der Waals surface area (Å²) in [7, 11) is 0. The molecule has 0 fully saturated rings. The monoisotopic (exact) mass is 367 g/mol. The van der Waals surface area contributed by atoms with Gasteiger partial charge in [-0.2, -0.15) is 5.10 Å². The number of rotatable bonds is 7. The lowest BCUT2D eigenvalue weighted by molar-refractivity contribution is -0.121. The summed E-state index contributed by atoms with van der Waals surface area (Å²) in [5.74, 6) is 1.35. The van der Waals surface area contributed by atoms with Crippen LogP contribution in [-0.4, -0.2) is 15.7 Å². The molecule has 0 spiro atoms. The molecule has 1 N–H and O–H groups in total. The second kappa shape index (κ2) is 7.99. The Morgan fingerprint density at radius 3 is 2.67 bits per heavy atom. The minimum absolute atomic E-state index is 0.0263. The van der Waals surface area contributed by atoms with Crippen LogP contribution in [0.25, 0.3) is 11.0 Å². The maximum atomic E-state index is 12.4. The Kier molecular flexibility index (Phi) is 5.68. The maximum absolute atomic E-state index is 12.4. The highest BCUT2D eigenvalue weighted by molar-refractivity contribution is 5.79. The van der Waals surface area contributed by atoms with Gasteiger partial charge in [-0.3, -0.25) is 9.48 Å². The van der Waals surface area contributed by atoms with E-state index in [9.17, 15) is 4.79 Å². The molecule has 1 atom stereocenters. The van der Waals surface area contributed by atoms with Crippen molar-refractivity contribution in [1.29, 1.82) is 0 Å². The zero-order valence-corrected chi connectivity index (χ0v) is 16.9. The minimum Gasteiger partial charge on any atom is -0.459 e. The lowest BCUT2D eigenvalue weighted by Crippen LogP contribution is -2.26. The summed E-state index contributed by atoms with van der Waals surface area (Å²) in [5.41, 5.74) is 4.21. The first-order valence-electron chi connectivity index (χ1n) is 9.66. The van der Waals surface area contributed by atoms with Crippen molar-refractivity contribution in [2.45, 2.75) is 60.0 Å². The number of furan rings is 1. The van der Waals surface area contributed by atoms with Gasteiger partial charge in [0.05, 0.1) is 11.7 Å². The number of fused-ring (bicyclic) bond motifs is 1. The average Bonchev–Trinajstić information content (AvgIpc) is 3.15. The number of benzene rings is 1. The van der Waals surface area contributed by atoms with E-state index in [4.69, 9.17) is 4.42 Å². The predicted molar refractivity (Wildman–Crippen MR) is 108 cm³/mol. The van der Waals surface area contributed by atoms with Crippen LogP contribution in [0.3, 0.4) is 0 Å². The summed E-state index contributed by atoms with van der Waals surface area (Å²) in [6, 6.07) is 9.71. The molecule has 2 heterocycles. The van der Waals surface area contributed by atoms with Crippen molar-refractivity contribution in [2.75, 3.05) is 0 Å². The molecule has 5 heteroatoms. The maximum Gasteiger partial charge on any atom is 0.220 e. The smallest absolute Gasteiger partial charge is 0.220 e. The summed E-state index contributed by atoms with van der Waals surface area (Å²) in [4.78, 5) is 12.4. The Bertz CT molecular complexity index is 903. The number of nitrogens with one attached hydrogen (secondary N) is 1. The highest BCUT2D eigenvalue weighted by atomic mass is 16.3. The van der Waals surface area contributed by atoms with E-state index in [0.29, 0.717) is 18.8 Å². The molecule has 2 aromatic heterocycles. The summed E-state index contributed by atoms with van der Waals surface area (Å²) >= 11 is 0. The van der Waals surface area contributed by atoms with Gasteiger partial charge >= 0.3 is 0 Å². The van der Waals surface area contributed by atoms with Crippen LogP contribution in [0.2, 0.25) is 0 Å². The Hall–Kier alpha value is -2.56. The van der Waals surface area contributed by atoms with Crippen LogP contribution in [-0.2, 0) is 17.8 Å². The molecule has 1 amide bonds. The van der Waals surface area contributed by atoms with E-state index >= 15 is 0 Å². The lowest BCUT2D eigenvalue weighted by Gasteiger charge is -2.11. The van der Waals surface area contributed by atoms with Gasteiger partial charge in [0, 0.05) is 24.0 Å². The lowest BCUT2D eigenvalue weighted by atomic mass is 10.1. The SMILES string of the molecule is Cc1nn(CC(C)C)c(C)c1CCC(=O)NC(C)c1cc2ccccc2o1. The van der Waals surface area contributed by atoms with Gasteiger partial charge in [0.1, 0.15) is 11.3 Å². The third-order valence-electron chi connectivity index (χ3n) is 4.92. The Balaban J connectivity index is 1.60. The van der Waals surface area contributed by atoms with Crippen LogP contribution in [0.4, 0.5) is 0 Å². The number of carbonyl (C=O) groups is 1. The number of hydrogen-bond acceptors (Lipinski definition) is 3. The largest absolute Gasteiger partial charge is 0.459 e. The fourth-order valence-electron chi connectivity index (χ4n) is 3.46. The highest BCUT2D eigenvalue weighted by Crippen LogP contribution is 2.24. The summed E-state index contributed by atoms with van der Waals surface area (Å²) < 4.78 is 7.90. The first-order valence-corrected chi connectivity index (χ1v) is 9.66. The van der Waals surface area contributed by atoms with E-state index in [1.165, 1.54) is 11.3 Å². The number of para-hydroxylation sites is 1. The molecule has 27 heavy (non-hydrogen) atoms. The van der Waals surface area contributed by atoms with Crippen molar-refractivity contribution < 1.29 is 9.21 Å². The molecular formula is C22H29N3O2. The normalized spacial score (nSPS) is 12.7. The fraction of sp³-hybridized carbons (Fsp3) is 0.455. The first kappa shape index (κ1) is 19.2. The van der Waals surface area contributed by atoms with E-state index in [0.717, 1.165) is 29.0 Å². The number of aryl methyl sites for hydroxylation is 1. The molecule has 0 aliphatic carbocycles. The average molecular weight is 367 g/mol. The Labute approximate surface area is 160 Å². The van der Waals surface area contributed by atoms with Crippen molar-refractivity contribution in [3.8, 4) is 0 Å². The second-order valence-electron chi connectivity index (χ2n) is 7.70. The fourth-order valence-corrected chi connectivity index (χ4v) is 3.46. The van der Waals surface area contributed by atoms with Crippen LogP contribution in [0.5, 0.6) is 0 Å². The van der Waals surface area contributed by atoms with Crippen molar-refractivity contribution >= 4 is 16.9 Å². The van der Waals surface area contributed by atoms with Gasteiger partial charge in [-0.05, 0) is 50.8 Å². The number of amides is 1. The number of carbonyl (C=O) groups excluding carboxylic acids is 1. The van der Waals surface area contributed by atoms with E-state index in [2.05, 4.69) is 35.9 Å². The van der Waals surface area contributed by atoms with Crippen molar-refractivity contribution in [1.82, 2.24) is 15.1 Å². The summed E-state index contributed by atoms with van der Waals surface area (Å²) in [6.07, 6.45) is 1.15. The molecule has 144 valence electrons. The number of nitrogens with zero attached hydrogens (tertiary/aromatic N) is 2. The molecule has 0 aliphatic heterocycles. The zero-order valence-electron chi connectivity index (χ0n) is 16.9. The molecule has 1 unspecified atom stereocenters. The van der Waals surface area contributed by atoms with Crippen molar-refractivity contribution in [3.05, 3.63) is 53.0 Å². The van der Waals surface area contributed by atoms with Crippen molar-refractivity contribution in [2.24, 2.45) is 5.92 Å². The molecule has 0 saturated carbocycles. The van der Waals surface area contributed by atoms with E-state index in [1.54, 1.807) is 0 Å². The Morgan fingerprint density at radius 1 is 1.22 bits per heavy atom. The highest BCUT2D eigenvalue weighted by Gasteiger charge is 2.17. The topological polar surface area (TPSA) is 60.1 Å². The molecule has 3 rings (SSSR count). The van der Waals surface area contributed by atoms with Gasteiger partial charge in [0.2, 0.25) is 5.91 Å². The van der Waals surface area contributed by atoms with Crippen LogP contribution >= 0.6 is 0 Å². The third kappa shape index (κ3) is 4.41. The van der Waals surface area contributed by atoms with E-state index in [1.807, 2.05) is 44.2 Å². The zero-order chi connectivity index (χ0) is 19.6. The van der Waals surface area contributed by atoms with Crippen LogP contribution in [0.1, 0.15) is 55.9 Å². The quantitative estimate of drug-likeness (QED) is 0.658.